The van der Waals surface area contributed by atoms with Crippen LogP contribution in [0, 0.1) is 0 Å². The molecule has 1 rings (SSSR count). The third-order valence-corrected chi connectivity index (χ3v) is 1.70. The van der Waals surface area contributed by atoms with E-state index in [1.165, 1.54) is 0 Å². The smallest absolute Gasteiger partial charge is 0.0713 e. The van der Waals surface area contributed by atoms with Gasteiger partial charge in [0.2, 0.25) is 0 Å². The highest BCUT2D eigenvalue weighted by atomic mass is 16.5. The molecule has 0 unspecified atom stereocenters. The van der Waals surface area contributed by atoms with Crippen LogP contribution in [-0.2, 0) is 22.7 Å². The average molecular weight is 181 g/mol. The molecule has 0 saturated carbocycles. The number of rotatable bonds is 4. The summed E-state index contributed by atoms with van der Waals surface area (Å²) in [6.45, 7) is 1.17. The maximum atomic E-state index is 5.71. The standard InChI is InChI=1S/C10H15NO2/c1-12-6-8-3-9(7-13-2)5-10(11)4-8/h3-5H,6-7,11H2,1-2H3. The molecular formula is C10H15NO2. The minimum atomic E-state index is 0.585. The zero-order valence-electron chi connectivity index (χ0n) is 8.04. The monoisotopic (exact) mass is 181 g/mol. The molecule has 0 aliphatic heterocycles. The Morgan fingerprint density at radius 1 is 1.00 bits per heavy atom. The van der Waals surface area contributed by atoms with E-state index in [2.05, 4.69) is 0 Å². The molecule has 13 heavy (non-hydrogen) atoms. The topological polar surface area (TPSA) is 44.5 Å². The van der Waals surface area contributed by atoms with Crippen molar-refractivity contribution in [1.29, 1.82) is 0 Å². The number of nitrogen functional groups attached to an aromatic ring is 1. The molecule has 0 aromatic heterocycles. The summed E-state index contributed by atoms with van der Waals surface area (Å²) in [6, 6.07) is 5.84. The predicted molar refractivity (Wildman–Crippen MR) is 52.3 cm³/mol. The van der Waals surface area contributed by atoms with Gasteiger partial charge in [0.05, 0.1) is 13.2 Å². The summed E-state index contributed by atoms with van der Waals surface area (Å²) < 4.78 is 10.0. The van der Waals surface area contributed by atoms with E-state index in [0.29, 0.717) is 13.2 Å². The van der Waals surface area contributed by atoms with Crippen LogP contribution in [0.5, 0.6) is 0 Å². The Balaban J connectivity index is 2.83. The third kappa shape index (κ3) is 3.05. The van der Waals surface area contributed by atoms with E-state index in [4.69, 9.17) is 15.2 Å². The molecule has 0 aliphatic rings. The summed E-state index contributed by atoms with van der Waals surface area (Å²) in [5.74, 6) is 0. The van der Waals surface area contributed by atoms with Gasteiger partial charge in [-0.3, -0.25) is 0 Å². The molecule has 0 spiro atoms. The summed E-state index contributed by atoms with van der Waals surface area (Å²) in [5, 5.41) is 0. The van der Waals surface area contributed by atoms with Gasteiger partial charge >= 0.3 is 0 Å². The number of nitrogens with two attached hydrogens (primary N) is 1. The molecular weight excluding hydrogens is 166 g/mol. The maximum Gasteiger partial charge on any atom is 0.0713 e. The Hall–Kier alpha value is -1.06. The van der Waals surface area contributed by atoms with E-state index in [1.54, 1.807) is 14.2 Å². The van der Waals surface area contributed by atoms with Gasteiger partial charge in [0.25, 0.3) is 0 Å². The SMILES string of the molecule is COCc1cc(N)cc(COC)c1. The van der Waals surface area contributed by atoms with Crippen LogP contribution in [0.3, 0.4) is 0 Å². The minimum Gasteiger partial charge on any atom is -0.399 e. The average Bonchev–Trinajstić information content (AvgIpc) is 2.04. The first-order chi connectivity index (χ1) is 6.26. The number of benzene rings is 1. The van der Waals surface area contributed by atoms with Crippen molar-refractivity contribution in [3.8, 4) is 0 Å². The lowest BCUT2D eigenvalue weighted by atomic mass is 10.1. The first-order valence-electron chi connectivity index (χ1n) is 4.12. The lowest BCUT2D eigenvalue weighted by molar-refractivity contribution is 0.180. The van der Waals surface area contributed by atoms with Gasteiger partial charge in [-0.05, 0) is 23.3 Å². The zero-order chi connectivity index (χ0) is 9.68. The second kappa shape index (κ2) is 4.84. The van der Waals surface area contributed by atoms with Gasteiger partial charge in [-0.25, -0.2) is 0 Å². The van der Waals surface area contributed by atoms with Gasteiger partial charge in [0.1, 0.15) is 0 Å². The van der Waals surface area contributed by atoms with Crippen molar-refractivity contribution >= 4 is 5.69 Å². The number of methoxy groups -OCH3 is 2. The van der Waals surface area contributed by atoms with E-state index in [-0.39, 0.29) is 0 Å². The largest absolute Gasteiger partial charge is 0.399 e. The van der Waals surface area contributed by atoms with Crippen molar-refractivity contribution in [2.45, 2.75) is 13.2 Å². The molecule has 0 saturated heterocycles. The van der Waals surface area contributed by atoms with Crippen molar-refractivity contribution < 1.29 is 9.47 Å². The van der Waals surface area contributed by atoms with Gasteiger partial charge in [0.15, 0.2) is 0 Å². The summed E-state index contributed by atoms with van der Waals surface area (Å²) in [7, 11) is 3.33. The molecule has 1 aromatic carbocycles. The van der Waals surface area contributed by atoms with Crippen LogP contribution in [0.1, 0.15) is 11.1 Å². The van der Waals surface area contributed by atoms with Crippen molar-refractivity contribution in [3.05, 3.63) is 29.3 Å². The second-order valence-corrected chi connectivity index (χ2v) is 2.95. The molecule has 3 heteroatoms. The minimum absolute atomic E-state index is 0.585. The van der Waals surface area contributed by atoms with E-state index in [0.717, 1.165) is 16.8 Å². The Morgan fingerprint density at radius 3 is 1.85 bits per heavy atom. The number of hydrogen-bond donors (Lipinski definition) is 1. The molecule has 0 radical (unpaired) electrons. The second-order valence-electron chi connectivity index (χ2n) is 2.95. The number of ether oxygens (including phenoxy) is 2. The van der Waals surface area contributed by atoms with Gasteiger partial charge in [-0.2, -0.15) is 0 Å². The van der Waals surface area contributed by atoms with Crippen LogP contribution < -0.4 is 5.73 Å². The molecule has 3 nitrogen and oxygen atoms in total. The van der Waals surface area contributed by atoms with Gasteiger partial charge in [-0.1, -0.05) is 6.07 Å². The lowest BCUT2D eigenvalue weighted by Crippen LogP contribution is -1.96. The fourth-order valence-electron chi connectivity index (χ4n) is 1.29. The van der Waals surface area contributed by atoms with Crippen LogP contribution >= 0.6 is 0 Å². The predicted octanol–water partition coefficient (Wildman–Crippen LogP) is 1.56. The number of anilines is 1. The van der Waals surface area contributed by atoms with Crippen LogP contribution in [-0.4, -0.2) is 14.2 Å². The van der Waals surface area contributed by atoms with E-state index < -0.39 is 0 Å². The zero-order valence-corrected chi connectivity index (χ0v) is 8.04. The van der Waals surface area contributed by atoms with Crippen molar-refractivity contribution in [1.82, 2.24) is 0 Å². The van der Waals surface area contributed by atoms with Crippen molar-refractivity contribution in [3.63, 3.8) is 0 Å². The van der Waals surface area contributed by atoms with Crippen molar-refractivity contribution in [2.75, 3.05) is 20.0 Å². The Bertz CT molecular complexity index is 249. The fourth-order valence-corrected chi connectivity index (χ4v) is 1.29. The van der Waals surface area contributed by atoms with Gasteiger partial charge < -0.3 is 15.2 Å². The number of hydrogen-bond acceptors (Lipinski definition) is 3. The molecule has 1 aromatic rings. The quantitative estimate of drug-likeness (QED) is 0.717. The van der Waals surface area contributed by atoms with Gasteiger partial charge in [0, 0.05) is 19.9 Å². The summed E-state index contributed by atoms with van der Waals surface area (Å²) in [6.07, 6.45) is 0. The van der Waals surface area contributed by atoms with Crippen LogP contribution in [0.25, 0.3) is 0 Å². The van der Waals surface area contributed by atoms with E-state index in [1.807, 2.05) is 18.2 Å². The molecule has 0 heterocycles. The lowest BCUT2D eigenvalue weighted by Gasteiger charge is -2.05. The summed E-state index contributed by atoms with van der Waals surface area (Å²) >= 11 is 0. The first kappa shape index (κ1) is 10.0. The van der Waals surface area contributed by atoms with Crippen LogP contribution in [0.4, 0.5) is 5.69 Å². The Labute approximate surface area is 78.5 Å². The molecule has 0 atom stereocenters. The maximum absolute atomic E-state index is 5.71. The molecule has 72 valence electrons. The van der Waals surface area contributed by atoms with Crippen molar-refractivity contribution in [2.24, 2.45) is 0 Å². The molecule has 0 fully saturated rings. The normalized spacial score (nSPS) is 10.3. The molecule has 0 aliphatic carbocycles. The van der Waals surface area contributed by atoms with Crippen LogP contribution in [0.15, 0.2) is 18.2 Å². The van der Waals surface area contributed by atoms with E-state index in [9.17, 15) is 0 Å². The summed E-state index contributed by atoms with van der Waals surface area (Å²) in [4.78, 5) is 0. The fraction of sp³-hybridized carbons (Fsp3) is 0.400. The summed E-state index contributed by atoms with van der Waals surface area (Å²) in [5.41, 5.74) is 8.62. The highest BCUT2D eigenvalue weighted by Gasteiger charge is 1.98. The highest BCUT2D eigenvalue weighted by molar-refractivity contribution is 5.44. The highest BCUT2D eigenvalue weighted by Crippen LogP contribution is 2.13. The molecule has 0 bridgehead atoms. The molecule has 0 amide bonds. The Morgan fingerprint density at radius 2 is 1.46 bits per heavy atom. The van der Waals surface area contributed by atoms with Crippen LogP contribution in [0.2, 0.25) is 0 Å². The van der Waals surface area contributed by atoms with Gasteiger partial charge in [-0.15, -0.1) is 0 Å². The first-order valence-corrected chi connectivity index (χ1v) is 4.12. The molecule has 2 N–H and O–H groups in total. The Kier molecular flexibility index (Phi) is 3.73. The third-order valence-electron chi connectivity index (χ3n) is 1.70. The van der Waals surface area contributed by atoms with E-state index >= 15 is 0 Å².